The lowest BCUT2D eigenvalue weighted by atomic mass is 9.97. The number of rotatable bonds is 1. The molecule has 3 atom stereocenters. The molecule has 2 heterocycles. The molecule has 3 nitrogen and oxygen atoms in total. The number of carbonyl (C=O) groups is 1. The topological polar surface area (TPSA) is 32.3 Å². The molecule has 0 spiro atoms. The van der Waals surface area contributed by atoms with Crippen LogP contribution in [0.3, 0.4) is 0 Å². The molecule has 0 saturated carbocycles. The van der Waals surface area contributed by atoms with Gasteiger partial charge in [-0.05, 0) is 46.1 Å². The van der Waals surface area contributed by atoms with Gasteiger partial charge in [-0.2, -0.15) is 0 Å². The lowest BCUT2D eigenvalue weighted by Crippen LogP contribution is -2.46. The highest BCUT2D eigenvalue weighted by molar-refractivity contribution is 5.80. The maximum Gasteiger partial charge on any atom is 0.227 e. The van der Waals surface area contributed by atoms with E-state index in [1.807, 2.05) is 0 Å². The summed E-state index contributed by atoms with van der Waals surface area (Å²) < 4.78 is 0. The van der Waals surface area contributed by atoms with E-state index in [2.05, 4.69) is 24.1 Å². The van der Waals surface area contributed by atoms with E-state index >= 15 is 0 Å². The fraction of sp³-hybridized carbons (Fsp3) is 0.917. The molecule has 0 aromatic heterocycles. The molecule has 0 aliphatic carbocycles. The van der Waals surface area contributed by atoms with Gasteiger partial charge >= 0.3 is 0 Å². The molecule has 0 bridgehead atoms. The SMILES string of the molecule is CC1CCC(C)N1C(=O)[C@@H]1CCCNC1. The van der Waals surface area contributed by atoms with Gasteiger partial charge in [-0.25, -0.2) is 0 Å². The van der Waals surface area contributed by atoms with Crippen molar-refractivity contribution >= 4 is 5.91 Å². The summed E-state index contributed by atoms with van der Waals surface area (Å²) in [5.74, 6) is 0.626. The van der Waals surface area contributed by atoms with E-state index in [9.17, 15) is 4.79 Å². The van der Waals surface area contributed by atoms with Gasteiger partial charge in [0, 0.05) is 18.6 Å². The fourth-order valence-electron chi connectivity index (χ4n) is 2.90. The number of nitrogens with zero attached hydrogens (tertiary/aromatic N) is 1. The average Bonchev–Trinajstić information content (AvgIpc) is 2.59. The summed E-state index contributed by atoms with van der Waals surface area (Å²) in [6, 6.07) is 0.906. The molecule has 3 heteroatoms. The second-order valence-corrected chi connectivity index (χ2v) is 5.06. The van der Waals surface area contributed by atoms with Crippen LogP contribution in [-0.2, 0) is 4.79 Å². The smallest absolute Gasteiger partial charge is 0.227 e. The zero-order valence-electron chi connectivity index (χ0n) is 9.83. The van der Waals surface area contributed by atoms with Gasteiger partial charge in [-0.1, -0.05) is 0 Å². The maximum atomic E-state index is 12.3. The summed E-state index contributed by atoms with van der Waals surface area (Å²) in [5, 5.41) is 3.32. The molecule has 0 aromatic carbocycles. The number of carbonyl (C=O) groups excluding carboxylic acids is 1. The third-order valence-corrected chi connectivity index (χ3v) is 3.85. The largest absolute Gasteiger partial charge is 0.337 e. The second-order valence-electron chi connectivity index (χ2n) is 5.06. The van der Waals surface area contributed by atoms with Crippen molar-refractivity contribution in [2.75, 3.05) is 13.1 Å². The second kappa shape index (κ2) is 4.52. The van der Waals surface area contributed by atoms with Crippen LogP contribution in [0.25, 0.3) is 0 Å². The molecule has 1 amide bonds. The molecule has 2 unspecified atom stereocenters. The summed E-state index contributed by atoms with van der Waals surface area (Å²) in [4.78, 5) is 14.4. The molecule has 15 heavy (non-hydrogen) atoms. The molecule has 2 saturated heterocycles. The Bertz CT molecular complexity index is 226. The van der Waals surface area contributed by atoms with Crippen molar-refractivity contribution in [2.45, 2.75) is 51.6 Å². The third-order valence-electron chi connectivity index (χ3n) is 3.85. The van der Waals surface area contributed by atoms with Crippen molar-refractivity contribution in [1.82, 2.24) is 10.2 Å². The minimum absolute atomic E-state index is 0.238. The van der Waals surface area contributed by atoms with Crippen molar-refractivity contribution in [1.29, 1.82) is 0 Å². The lowest BCUT2D eigenvalue weighted by molar-refractivity contribution is -0.138. The molecule has 0 aromatic rings. The molecule has 2 aliphatic rings. The highest BCUT2D eigenvalue weighted by atomic mass is 16.2. The van der Waals surface area contributed by atoms with Crippen LogP contribution >= 0.6 is 0 Å². The Balaban J connectivity index is 1.99. The monoisotopic (exact) mass is 210 g/mol. The van der Waals surface area contributed by atoms with Crippen molar-refractivity contribution in [3.8, 4) is 0 Å². The minimum Gasteiger partial charge on any atom is -0.337 e. The van der Waals surface area contributed by atoms with Crippen LogP contribution in [0.15, 0.2) is 0 Å². The Morgan fingerprint density at radius 2 is 1.87 bits per heavy atom. The molecule has 0 radical (unpaired) electrons. The molecular formula is C12H22N2O. The minimum atomic E-state index is 0.238. The number of hydrogen-bond acceptors (Lipinski definition) is 2. The standard InChI is InChI=1S/C12H22N2O/c1-9-5-6-10(2)14(9)12(15)11-4-3-7-13-8-11/h9-11,13H,3-8H2,1-2H3/t9?,10?,11-/m1/s1. The molecule has 1 N–H and O–H groups in total. The molecule has 2 aliphatic heterocycles. The van der Waals surface area contributed by atoms with Crippen molar-refractivity contribution < 1.29 is 4.79 Å². The summed E-state index contributed by atoms with van der Waals surface area (Å²) in [6.07, 6.45) is 4.56. The molecule has 2 fully saturated rings. The Labute approximate surface area is 92.2 Å². The first-order valence-electron chi connectivity index (χ1n) is 6.23. The van der Waals surface area contributed by atoms with E-state index in [1.54, 1.807) is 0 Å². The quantitative estimate of drug-likeness (QED) is 0.709. The van der Waals surface area contributed by atoms with Crippen molar-refractivity contribution in [3.63, 3.8) is 0 Å². The van der Waals surface area contributed by atoms with Crippen LogP contribution in [0.4, 0.5) is 0 Å². The summed E-state index contributed by atoms with van der Waals surface area (Å²) in [7, 11) is 0. The van der Waals surface area contributed by atoms with E-state index in [0.717, 1.165) is 25.9 Å². The van der Waals surface area contributed by atoms with Gasteiger partial charge in [0.2, 0.25) is 5.91 Å². The maximum absolute atomic E-state index is 12.3. The Morgan fingerprint density at radius 1 is 1.20 bits per heavy atom. The number of piperidine rings is 1. The normalized spacial score (nSPS) is 36.9. The summed E-state index contributed by atoms with van der Waals surface area (Å²) >= 11 is 0. The van der Waals surface area contributed by atoms with Crippen LogP contribution in [0.1, 0.15) is 39.5 Å². The van der Waals surface area contributed by atoms with E-state index in [1.165, 1.54) is 12.8 Å². The van der Waals surface area contributed by atoms with Crippen LogP contribution in [0.5, 0.6) is 0 Å². The molecular weight excluding hydrogens is 188 g/mol. The predicted octanol–water partition coefficient (Wildman–Crippen LogP) is 1.39. The van der Waals surface area contributed by atoms with Gasteiger partial charge in [0.05, 0.1) is 5.92 Å². The molecule has 86 valence electrons. The zero-order chi connectivity index (χ0) is 10.8. The van der Waals surface area contributed by atoms with Gasteiger partial charge in [0.25, 0.3) is 0 Å². The van der Waals surface area contributed by atoms with Crippen LogP contribution in [-0.4, -0.2) is 36.0 Å². The van der Waals surface area contributed by atoms with E-state index in [0.29, 0.717) is 18.0 Å². The van der Waals surface area contributed by atoms with Gasteiger partial charge < -0.3 is 10.2 Å². The van der Waals surface area contributed by atoms with Crippen LogP contribution in [0.2, 0.25) is 0 Å². The fourth-order valence-corrected chi connectivity index (χ4v) is 2.90. The van der Waals surface area contributed by atoms with E-state index in [-0.39, 0.29) is 5.92 Å². The first-order valence-corrected chi connectivity index (χ1v) is 6.23. The van der Waals surface area contributed by atoms with E-state index < -0.39 is 0 Å². The number of nitrogens with one attached hydrogen (secondary N) is 1. The summed E-state index contributed by atoms with van der Waals surface area (Å²) in [6.45, 7) is 6.32. The van der Waals surface area contributed by atoms with Crippen LogP contribution in [0, 0.1) is 5.92 Å². The third kappa shape index (κ3) is 2.17. The van der Waals surface area contributed by atoms with Gasteiger partial charge in [-0.3, -0.25) is 4.79 Å². The Hall–Kier alpha value is -0.570. The van der Waals surface area contributed by atoms with Crippen molar-refractivity contribution in [2.24, 2.45) is 5.92 Å². The van der Waals surface area contributed by atoms with Gasteiger partial charge in [-0.15, -0.1) is 0 Å². The van der Waals surface area contributed by atoms with Gasteiger partial charge in [0.15, 0.2) is 0 Å². The van der Waals surface area contributed by atoms with Crippen LogP contribution < -0.4 is 5.32 Å². The van der Waals surface area contributed by atoms with E-state index in [4.69, 9.17) is 0 Å². The predicted molar refractivity (Wildman–Crippen MR) is 60.6 cm³/mol. The number of amides is 1. The summed E-state index contributed by atoms with van der Waals surface area (Å²) in [5.41, 5.74) is 0. The van der Waals surface area contributed by atoms with Gasteiger partial charge in [0.1, 0.15) is 0 Å². The highest BCUT2D eigenvalue weighted by Gasteiger charge is 2.35. The Kier molecular flexibility index (Phi) is 3.29. The average molecular weight is 210 g/mol. The Morgan fingerprint density at radius 3 is 2.40 bits per heavy atom. The number of likely N-dealkylation sites (tertiary alicyclic amines) is 1. The zero-order valence-corrected chi connectivity index (χ0v) is 9.83. The lowest BCUT2D eigenvalue weighted by Gasteiger charge is -2.32. The number of hydrogen-bond donors (Lipinski definition) is 1. The molecule has 2 rings (SSSR count). The first kappa shape index (κ1) is 10.9. The van der Waals surface area contributed by atoms with Crippen molar-refractivity contribution in [3.05, 3.63) is 0 Å². The first-order chi connectivity index (χ1) is 7.20. The highest BCUT2D eigenvalue weighted by Crippen LogP contribution is 2.26.